The second kappa shape index (κ2) is 11.6. The van der Waals surface area contributed by atoms with Crippen LogP contribution in [0, 0.1) is 5.92 Å². The molecule has 2 saturated heterocycles. The van der Waals surface area contributed by atoms with E-state index >= 15 is 0 Å². The zero-order valence-electron chi connectivity index (χ0n) is 23.6. The predicted molar refractivity (Wildman–Crippen MR) is 141 cm³/mol. The van der Waals surface area contributed by atoms with Crippen molar-refractivity contribution in [1.29, 1.82) is 0 Å². The molecule has 2 aliphatic rings. The molecule has 0 aromatic carbocycles. The second-order valence-electron chi connectivity index (χ2n) is 12.0. The molecule has 0 aliphatic carbocycles. The maximum absolute atomic E-state index is 12.9. The summed E-state index contributed by atoms with van der Waals surface area (Å²) in [6.07, 6.45) is 6.56. The van der Waals surface area contributed by atoms with Crippen LogP contribution in [0.15, 0.2) is 12.4 Å². The molecule has 0 radical (unpaired) electrons. The van der Waals surface area contributed by atoms with Crippen LogP contribution >= 0.6 is 0 Å². The van der Waals surface area contributed by atoms with Gasteiger partial charge in [0.25, 0.3) is 0 Å². The predicted octanol–water partition coefficient (Wildman–Crippen LogP) is 3.09. The fourth-order valence-electron chi connectivity index (χ4n) is 4.36. The third kappa shape index (κ3) is 8.04. The van der Waals surface area contributed by atoms with E-state index in [1.54, 1.807) is 40.1 Å². The average molecular weight is 518 g/mol. The largest absolute Gasteiger partial charge is 0.498 e. The number of nitrogens with zero attached hydrogens (tertiary/aromatic N) is 3. The van der Waals surface area contributed by atoms with E-state index < -0.39 is 36.1 Å². The summed E-state index contributed by atoms with van der Waals surface area (Å²) in [6.45, 7) is 17.0. The summed E-state index contributed by atoms with van der Waals surface area (Å²) in [7, 11) is -0.502. The van der Waals surface area contributed by atoms with Gasteiger partial charge in [0.15, 0.2) is 0 Å². The summed E-state index contributed by atoms with van der Waals surface area (Å²) in [5, 5.41) is 2.65. The highest BCUT2D eigenvalue weighted by atomic mass is 16.7. The molecule has 3 heterocycles. The van der Waals surface area contributed by atoms with E-state index in [9.17, 15) is 9.59 Å². The lowest BCUT2D eigenvalue weighted by atomic mass is 9.81. The van der Waals surface area contributed by atoms with Gasteiger partial charge in [-0.3, -0.25) is 4.79 Å². The lowest BCUT2D eigenvalue weighted by Crippen LogP contribution is -2.50. The SMILES string of the molecule is C[C@@H](NC(=O)OC(C)(C)C)C(=O)N1CCC[C@H](CCCOc2ncc(B3OC(C)(C)C(C)(C)O3)cn2)C1. The van der Waals surface area contributed by atoms with E-state index in [4.69, 9.17) is 18.8 Å². The number of nitrogens with one attached hydrogen (secondary N) is 1. The molecule has 0 unspecified atom stereocenters. The number of carbonyl (C=O) groups is 2. The van der Waals surface area contributed by atoms with Crippen LogP contribution in [-0.2, 0) is 18.8 Å². The normalized spacial score (nSPS) is 21.9. The third-order valence-corrected chi connectivity index (χ3v) is 7.10. The molecule has 3 rings (SSSR count). The maximum atomic E-state index is 12.9. The van der Waals surface area contributed by atoms with Gasteiger partial charge in [0, 0.05) is 30.9 Å². The van der Waals surface area contributed by atoms with Crippen molar-refractivity contribution in [3.8, 4) is 6.01 Å². The Kier molecular flexibility index (Phi) is 9.11. The van der Waals surface area contributed by atoms with Gasteiger partial charge in [0.05, 0.1) is 17.8 Å². The van der Waals surface area contributed by atoms with Crippen molar-refractivity contribution in [2.75, 3.05) is 19.7 Å². The molecule has 10 nitrogen and oxygen atoms in total. The number of hydrogen-bond acceptors (Lipinski definition) is 8. The lowest BCUT2D eigenvalue weighted by Gasteiger charge is -2.34. The first kappa shape index (κ1) is 29.2. The molecule has 0 saturated carbocycles. The summed E-state index contributed by atoms with van der Waals surface area (Å²) in [6, 6.07) is -0.308. The smallest absolute Gasteiger partial charge is 0.463 e. The topological polar surface area (TPSA) is 112 Å². The van der Waals surface area contributed by atoms with Crippen LogP contribution in [0.1, 0.15) is 81.1 Å². The number of hydrogen-bond donors (Lipinski definition) is 1. The first-order chi connectivity index (χ1) is 17.2. The molecular formula is C26H43BN4O6. The Morgan fingerprint density at radius 1 is 1.19 bits per heavy atom. The molecule has 37 heavy (non-hydrogen) atoms. The van der Waals surface area contributed by atoms with Gasteiger partial charge in [0.1, 0.15) is 11.6 Å². The molecule has 2 atom stereocenters. The van der Waals surface area contributed by atoms with Gasteiger partial charge >= 0.3 is 19.2 Å². The van der Waals surface area contributed by atoms with Crippen LogP contribution in [0.25, 0.3) is 0 Å². The van der Waals surface area contributed by atoms with Crippen molar-refractivity contribution in [1.82, 2.24) is 20.2 Å². The number of likely N-dealkylation sites (tertiary alicyclic amines) is 1. The third-order valence-electron chi connectivity index (χ3n) is 7.10. The minimum Gasteiger partial charge on any atom is -0.463 e. The molecule has 206 valence electrons. The number of piperidine rings is 1. The van der Waals surface area contributed by atoms with Crippen molar-refractivity contribution < 1.29 is 28.4 Å². The summed E-state index contributed by atoms with van der Waals surface area (Å²) >= 11 is 0. The van der Waals surface area contributed by atoms with Crippen LogP contribution in [0.3, 0.4) is 0 Å². The van der Waals surface area contributed by atoms with Crippen LogP contribution in [0.2, 0.25) is 0 Å². The summed E-state index contributed by atoms with van der Waals surface area (Å²) in [4.78, 5) is 35.3. The zero-order valence-corrected chi connectivity index (χ0v) is 23.6. The summed E-state index contributed by atoms with van der Waals surface area (Å²) in [5.41, 5.74) is -0.684. The molecule has 0 bridgehead atoms. The van der Waals surface area contributed by atoms with Gasteiger partial charge in [0.2, 0.25) is 5.91 Å². The van der Waals surface area contributed by atoms with Crippen LogP contribution in [-0.4, -0.2) is 76.5 Å². The van der Waals surface area contributed by atoms with Gasteiger partial charge in [-0.2, -0.15) is 0 Å². The Morgan fingerprint density at radius 3 is 2.41 bits per heavy atom. The van der Waals surface area contributed by atoms with Gasteiger partial charge in [-0.15, -0.1) is 0 Å². The maximum Gasteiger partial charge on any atom is 0.498 e. The zero-order chi connectivity index (χ0) is 27.4. The van der Waals surface area contributed by atoms with Crippen molar-refractivity contribution in [2.24, 2.45) is 5.92 Å². The molecule has 1 aromatic rings. The molecule has 11 heteroatoms. The standard InChI is InChI=1S/C26H43BN4O6/c1-18(30-23(33)35-24(2,3)4)21(32)31-13-9-11-19(17-31)12-10-14-34-22-28-15-20(16-29-22)27-36-25(5,6)26(7,8)37-27/h15-16,18-19H,9-14,17H2,1-8H3,(H,30,33)/t18-,19-/m1/s1. The van der Waals surface area contributed by atoms with Crippen LogP contribution < -0.4 is 15.5 Å². The minimum atomic E-state index is -0.630. The molecule has 2 aliphatic heterocycles. The molecule has 2 amide bonds. The monoisotopic (exact) mass is 518 g/mol. The van der Waals surface area contributed by atoms with E-state index in [0.717, 1.165) is 31.1 Å². The first-order valence-corrected chi connectivity index (χ1v) is 13.3. The number of amides is 2. The number of aromatic nitrogens is 2. The van der Waals surface area contributed by atoms with E-state index in [0.29, 0.717) is 31.6 Å². The Balaban J connectivity index is 1.39. The van der Waals surface area contributed by atoms with E-state index in [-0.39, 0.29) is 5.91 Å². The van der Waals surface area contributed by atoms with Crippen molar-refractivity contribution in [2.45, 2.75) is 104 Å². The van der Waals surface area contributed by atoms with E-state index in [1.165, 1.54) is 0 Å². The summed E-state index contributed by atoms with van der Waals surface area (Å²) < 4.78 is 23.1. The van der Waals surface area contributed by atoms with Gasteiger partial charge in [-0.25, -0.2) is 14.8 Å². The van der Waals surface area contributed by atoms with Gasteiger partial charge in [-0.1, -0.05) is 0 Å². The number of ether oxygens (including phenoxy) is 2. The Morgan fingerprint density at radius 2 is 1.81 bits per heavy atom. The fraction of sp³-hybridized carbons (Fsp3) is 0.769. The Bertz CT molecular complexity index is 918. The minimum absolute atomic E-state index is 0.0812. The van der Waals surface area contributed by atoms with Crippen molar-refractivity contribution >= 4 is 24.6 Å². The fourth-order valence-corrected chi connectivity index (χ4v) is 4.36. The highest BCUT2D eigenvalue weighted by molar-refractivity contribution is 6.61. The number of rotatable bonds is 8. The first-order valence-electron chi connectivity index (χ1n) is 13.3. The molecular weight excluding hydrogens is 475 g/mol. The lowest BCUT2D eigenvalue weighted by molar-refractivity contribution is -0.134. The van der Waals surface area contributed by atoms with Gasteiger partial charge in [-0.05, 0) is 87.0 Å². The highest BCUT2D eigenvalue weighted by Gasteiger charge is 2.52. The Labute approximate surface area is 221 Å². The van der Waals surface area contributed by atoms with E-state index in [2.05, 4.69) is 15.3 Å². The van der Waals surface area contributed by atoms with E-state index in [1.807, 2.05) is 32.6 Å². The number of alkyl carbamates (subject to hydrolysis) is 1. The number of carbonyl (C=O) groups excluding carboxylic acids is 2. The average Bonchev–Trinajstić information content (AvgIpc) is 3.02. The molecule has 0 spiro atoms. The molecule has 1 N–H and O–H groups in total. The summed E-state index contributed by atoms with van der Waals surface area (Å²) in [5.74, 6) is 0.309. The molecule has 2 fully saturated rings. The quantitative estimate of drug-likeness (QED) is 0.413. The van der Waals surface area contributed by atoms with Crippen LogP contribution in [0.5, 0.6) is 6.01 Å². The highest BCUT2D eigenvalue weighted by Crippen LogP contribution is 2.36. The second-order valence-corrected chi connectivity index (χ2v) is 12.0. The van der Waals surface area contributed by atoms with Crippen molar-refractivity contribution in [3.05, 3.63) is 12.4 Å². The van der Waals surface area contributed by atoms with Crippen LogP contribution in [0.4, 0.5) is 4.79 Å². The molecule has 1 aromatic heterocycles. The van der Waals surface area contributed by atoms with Gasteiger partial charge < -0.3 is 29.0 Å². The Hall–Kier alpha value is -2.40. The van der Waals surface area contributed by atoms with Crippen molar-refractivity contribution in [3.63, 3.8) is 0 Å².